The Balaban J connectivity index is 2.48. The van der Waals surface area contributed by atoms with Crippen LogP contribution in [0.25, 0.3) is 0 Å². The number of hydrogen-bond donors (Lipinski definition) is 0. The summed E-state index contributed by atoms with van der Waals surface area (Å²) in [7, 11) is 0. The lowest BCUT2D eigenvalue weighted by Crippen LogP contribution is -2.03. The van der Waals surface area contributed by atoms with Gasteiger partial charge < -0.3 is 0 Å². The molecule has 0 spiro atoms. The van der Waals surface area contributed by atoms with Gasteiger partial charge in [-0.05, 0) is 30.5 Å². The monoisotopic (exact) mass is 262 g/mol. The van der Waals surface area contributed by atoms with Gasteiger partial charge in [-0.2, -0.15) is 0 Å². The lowest BCUT2D eigenvalue weighted by molar-refractivity contribution is 0.103. The van der Waals surface area contributed by atoms with E-state index in [4.69, 9.17) is 11.6 Å². The number of hydrogen-bond acceptors (Lipinski definition) is 2. The Hall–Kier alpha value is -1.25. The van der Waals surface area contributed by atoms with E-state index < -0.39 is 0 Å². The second-order valence-electron chi connectivity index (χ2n) is 3.51. The Morgan fingerprint density at radius 3 is 2.24 bits per heavy atom. The van der Waals surface area contributed by atoms with E-state index in [0.29, 0.717) is 16.1 Å². The first kappa shape index (κ1) is 12.2. The highest BCUT2D eigenvalue weighted by Gasteiger charge is 2.14. The van der Waals surface area contributed by atoms with Crippen LogP contribution in [0.2, 0.25) is 5.02 Å². The van der Waals surface area contributed by atoms with Gasteiger partial charge in [-0.15, -0.1) is 11.8 Å². The number of rotatable bonds is 3. The molecule has 2 rings (SSSR count). The van der Waals surface area contributed by atoms with Crippen LogP contribution in [0.3, 0.4) is 0 Å². The summed E-state index contributed by atoms with van der Waals surface area (Å²) >= 11 is 7.60. The smallest absolute Gasteiger partial charge is 0.195 e. The Morgan fingerprint density at radius 1 is 1.00 bits per heavy atom. The largest absolute Gasteiger partial charge is 0.289 e. The lowest BCUT2D eigenvalue weighted by Gasteiger charge is -2.07. The van der Waals surface area contributed by atoms with Crippen molar-refractivity contribution in [2.75, 3.05) is 6.26 Å². The van der Waals surface area contributed by atoms with Crippen molar-refractivity contribution >= 4 is 29.1 Å². The number of ketones is 1. The first-order chi connectivity index (χ1) is 8.24. The van der Waals surface area contributed by atoms with Gasteiger partial charge >= 0.3 is 0 Å². The highest BCUT2D eigenvalue weighted by atomic mass is 35.5. The van der Waals surface area contributed by atoms with Crippen LogP contribution >= 0.6 is 23.4 Å². The number of halogens is 1. The first-order valence-corrected chi connectivity index (χ1v) is 6.76. The van der Waals surface area contributed by atoms with Crippen LogP contribution in [0.4, 0.5) is 0 Å². The molecule has 2 aromatic carbocycles. The number of carbonyl (C=O) groups excluding carboxylic acids is 1. The van der Waals surface area contributed by atoms with E-state index in [1.165, 1.54) is 0 Å². The minimum absolute atomic E-state index is 0.0273. The highest BCUT2D eigenvalue weighted by molar-refractivity contribution is 7.98. The van der Waals surface area contributed by atoms with Crippen molar-refractivity contribution in [2.45, 2.75) is 4.90 Å². The summed E-state index contributed by atoms with van der Waals surface area (Å²) in [4.78, 5) is 13.3. The zero-order chi connectivity index (χ0) is 12.3. The molecule has 0 aliphatic rings. The molecule has 1 nitrogen and oxygen atoms in total. The van der Waals surface area contributed by atoms with Crippen molar-refractivity contribution in [3.63, 3.8) is 0 Å². The summed E-state index contributed by atoms with van der Waals surface area (Å²) in [5, 5.41) is 0.494. The third kappa shape index (κ3) is 2.54. The summed E-state index contributed by atoms with van der Waals surface area (Å²) in [5.41, 5.74) is 1.25. The van der Waals surface area contributed by atoms with E-state index in [-0.39, 0.29) is 5.78 Å². The Labute approximate surface area is 110 Å². The molecule has 0 radical (unpaired) electrons. The Bertz CT molecular complexity index is 551. The van der Waals surface area contributed by atoms with E-state index in [0.717, 1.165) is 4.90 Å². The SMILES string of the molecule is CSc1ccccc1C(=O)c1ccccc1Cl. The van der Waals surface area contributed by atoms with E-state index in [1.54, 1.807) is 23.9 Å². The van der Waals surface area contributed by atoms with Gasteiger partial charge in [0.2, 0.25) is 0 Å². The van der Waals surface area contributed by atoms with Gasteiger partial charge in [-0.25, -0.2) is 0 Å². The van der Waals surface area contributed by atoms with Crippen molar-refractivity contribution < 1.29 is 4.79 Å². The van der Waals surface area contributed by atoms with Crippen molar-refractivity contribution in [1.82, 2.24) is 0 Å². The molecule has 3 heteroatoms. The van der Waals surface area contributed by atoms with Crippen LogP contribution in [0.1, 0.15) is 15.9 Å². The third-order valence-electron chi connectivity index (χ3n) is 2.47. The summed E-state index contributed by atoms with van der Waals surface area (Å²) < 4.78 is 0. The molecule has 0 aromatic heterocycles. The van der Waals surface area contributed by atoms with Crippen LogP contribution in [-0.4, -0.2) is 12.0 Å². The fourth-order valence-electron chi connectivity index (χ4n) is 1.62. The molecule has 0 bridgehead atoms. The van der Waals surface area contributed by atoms with Crippen LogP contribution in [0.5, 0.6) is 0 Å². The summed E-state index contributed by atoms with van der Waals surface area (Å²) in [6, 6.07) is 14.7. The normalized spacial score (nSPS) is 10.2. The summed E-state index contributed by atoms with van der Waals surface area (Å²) in [5.74, 6) is -0.0273. The standard InChI is InChI=1S/C14H11ClOS/c1-17-13-9-5-3-7-11(13)14(16)10-6-2-4-8-12(10)15/h2-9H,1H3. The van der Waals surface area contributed by atoms with Crippen LogP contribution < -0.4 is 0 Å². The van der Waals surface area contributed by atoms with Crippen LogP contribution in [-0.2, 0) is 0 Å². The molecular formula is C14H11ClOS. The molecule has 0 heterocycles. The van der Waals surface area contributed by atoms with Gasteiger partial charge in [0.15, 0.2) is 5.78 Å². The molecule has 0 saturated carbocycles. The van der Waals surface area contributed by atoms with Crippen molar-refractivity contribution in [1.29, 1.82) is 0 Å². The number of benzene rings is 2. The van der Waals surface area contributed by atoms with Gasteiger partial charge in [-0.1, -0.05) is 35.9 Å². The molecule has 0 unspecified atom stereocenters. The molecule has 0 saturated heterocycles. The van der Waals surface area contributed by atoms with E-state index in [9.17, 15) is 4.79 Å². The lowest BCUT2D eigenvalue weighted by atomic mass is 10.0. The maximum Gasteiger partial charge on any atom is 0.195 e. The fourth-order valence-corrected chi connectivity index (χ4v) is 2.44. The van der Waals surface area contributed by atoms with Gasteiger partial charge in [-0.3, -0.25) is 4.79 Å². The second kappa shape index (κ2) is 5.39. The predicted molar refractivity (Wildman–Crippen MR) is 73.1 cm³/mol. The molecule has 0 aliphatic heterocycles. The molecule has 0 atom stereocenters. The molecular weight excluding hydrogens is 252 g/mol. The predicted octanol–water partition coefficient (Wildman–Crippen LogP) is 4.29. The zero-order valence-electron chi connectivity index (χ0n) is 9.31. The second-order valence-corrected chi connectivity index (χ2v) is 4.76. The summed E-state index contributed by atoms with van der Waals surface area (Å²) in [6.45, 7) is 0. The summed E-state index contributed by atoms with van der Waals surface area (Å²) in [6.07, 6.45) is 1.96. The van der Waals surface area contributed by atoms with Gasteiger partial charge in [0, 0.05) is 16.0 Å². The highest BCUT2D eigenvalue weighted by Crippen LogP contribution is 2.25. The first-order valence-electron chi connectivity index (χ1n) is 5.16. The maximum absolute atomic E-state index is 12.3. The van der Waals surface area contributed by atoms with Crippen molar-refractivity contribution in [3.05, 3.63) is 64.7 Å². The number of carbonyl (C=O) groups is 1. The zero-order valence-corrected chi connectivity index (χ0v) is 10.9. The molecule has 86 valence electrons. The molecule has 0 amide bonds. The molecule has 0 fully saturated rings. The minimum Gasteiger partial charge on any atom is -0.289 e. The van der Waals surface area contributed by atoms with E-state index in [1.807, 2.05) is 42.7 Å². The number of thioether (sulfide) groups is 1. The van der Waals surface area contributed by atoms with E-state index in [2.05, 4.69) is 0 Å². The minimum atomic E-state index is -0.0273. The topological polar surface area (TPSA) is 17.1 Å². The van der Waals surface area contributed by atoms with Crippen LogP contribution in [0.15, 0.2) is 53.4 Å². The van der Waals surface area contributed by atoms with E-state index >= 15 is 0 Å². The average Bonchev–Trinajstić information content (AvgIpc) is 2.38. The molecule has 17 heavy (non-hydrogen) atoms. The van der Waals surface area contributed by atoms with Crippen molar-refractivity contribution in [2.24, 2.45) is 0 Å². The fraction of sp³-hybridized carbons (Fsp3) is 0.0714. The molecule has 0 N–H and O–H groups in total. The van der Waals surface area contributed by atoms with Crippen molar-refractivity contribution in [3.8, 4) is 0 Å². The maximum atomic E-state index is 12.3. The Kier molecular flexibility index (Phi) is 3.87. The quantitative estimate of drug-likeness (QED) is 0.606. The Morgan fingerprint density at radius 2 is 1.59 bits per heavy atom. The average molecular weight is 263 g/mol. The molecule has 2 aromatic rings. The van der Waals surface area contributed by atoms with Gasteiger partial charge in [0.1, 0.15) is 0 Å². The molecule has 0 aliphatic carbocycles. The third-order valence-corrected chi connectivity index (χ3v) is 3.60. The van der Waals surface area contributed by atoms with Crippen LogP contribution in [0, 0.1) is 0 Å². The van der Waals surface area contributed by atoms with Gasteiger partial charge in [0.25, 0.3) is 0 Å². The van der Waals surface area contributed by atoms with Gasteiger partial charge in [0.05, 0.1) is 5.02 Å².